The van der Waals surface area contributed by atoms with E-state index < -0.39 is 10.0 Å². The summed E-state index contributed by atoms with van der Waals surface area (Å²) in [4.78, 5) is 0.132. The molecular formula is C14H22N2O3S. The molecule has 0 amide bonds. The van der Waals surface area contributed by atoms with Gasteiger partial charge in [-0.1, -0.05) is 13.0 Å². The summed E-state index contributed by atoms with van der Waals surface area (Å²) in [5, 5.41) is 8.53. The third-order valence-electron chi connectivity index (χ3n) is 3.88. The first-order valence-electron chi connectivity index (χ1n) is 6.86. The number of sulfonamides is 1. The Hall–Kier alpha value is -1.11. The van der Waals surface area contributed by atoms with Crippen molar-refractivity contribution in [1.82, 2.24) is 0 Å². The molecule has 0 aliphatic carbocycles. The summed E-state index contributed by atoms with van der Waals surface area (Å²) in [6, 6.07) is 6.91. The maximum absolute atomic E-state index is 11.4. The van der Waals surface area contributed by atoms with E-state index in [2.05, 4.69) is 19.2 Å². The molecule has 2 unspecified atom stereocenters. The molecule has 20 heavy (non-hydrogen) atoms. The Bertz CT molecular complexity index is 574. The summed E-state index contributed by atoms with van der Waals surface area (Å²) in [5.41, 5.74) is 0.676. The second-order valence-electron chi connectivity index (χ2n) is 5.56. The van der Waals surface area contributed by atoms with Crippen LogP contribution in [0.2, 0.25) is 0 Å². The van der Waals surface area contributed by atoms with Gasteiger partial charge in [0.05, 0.1) is 10.5 Å². The van der Waals surface area contributed by atoms with Crippen molar-refractivity contribution in [1.29, 1.82) is 0 Å². The fourth-order valence-corrected chi connectivity index (χ4v) is 3.06. The number of rotatable bonds is 4. The fourth-order valence-electron chi connectivity index (χ4n) is 2.50. The SMILES string of the molecule is CCC1(C)CC(Nc2cccc(S(N)(=O)=O)c2)CCO1. The van der Waals surface area contributed by atoms with Gasteiger partial charge in [-0.3, -0.25) is 0 Å². The minimum Gasteiger partial charge on any atom is -0.382 e. The molecule has 1 aromatic rings. The van der Waals surface area contributed by atoms with E-state index in [1.54, 1.807) is 12.1 Å². The van der Waals surface area contributed by atoms with Gasteiger partial charge in [-0.15, -0.1) is 0 Å². The van der Waals surface area contributed by atoms with Gasteiger partial charge in [0.2, 0.25) is 10.0 Å². The summed E-state index contributed by atoms with van der Waals surface area (Å²) in [6.07, 6.45) is 2.78. The molecule has 1 saturated heterocycles. The summed E-state index contributed by atoms with van der Waals surface area (Å²) >= 11 is 0. The van der Waals surface area contributed by atoms with E-state index in [-0.39, 0.29) is 16.5 Å². The van der Waals surface area contributed by atoms with Gasteiger partial charge < -0.3 is 10.1 Å². The van der Waals surface area contributed by atoms with E-state index in [1.165, 1.54) is 6.07 Å². The molecule has 0 aromatic heterocycles. The minimum absolute atomic E-state index is 0.104. The van der Waals surface area contributed by atoms with Gasteiger partial charge in [-0.05, 0) is 44.4 Å². The van der Waals surface area contributed by atoms with Crippen LogP contribution in [0.3, 0.4) is 0 Å². The molecule has 112 valence electrons. The Labute approximate surface area is 120 Å². The Balaban J connectivity index is 2.11. The second-order valence-corrected chi connectivity index (χ2v) is 7.12. The van der Waals surface area contributed by atoms with Crippen LogP contribution in [0.15, 0.2) is 29.2 Å². The second kappa shape index (κ2) is 5.71. The van der Waals surface area contributed by atoms with Crippen LogP contribution in [0.1, 0.15) is 33.1 Å². The van der Waals surface area contributed by atoms with Crippen molar-refractivity contribution in [3.63, 3.8) is 0 Å². The molecule has 0 spiro atoms. The lowest BCUT2D eigenvalue weighted by Crippen LogP contribution is -2.41. The normalized spacial score (nSPS) is 27.2. The van der Waals surface area contributed by atoms with Crippen LogP contribution in [0, 0.1) is 0 Å². The maximum Gasteiger partial charge on any atom is 0.238 e. The number of ether oxygens (including phenoxy) is 1. The van der Waals surface area contributed by atoms with E-state index in [0.717, 1.165) is 31.6 Å². The standard InChI is InChI=1S/C14H22N2O3S/c1-3-14(2)10-12(7-8-19-14)16-11-5-4-6-13(9-11)20(15,17)18/h4-6,9,12,16H,3,7-8,10H2,1-2H3,(H2,15,17,18). The highest BCUT2D eigenvalue weighted by Gasteiger charge is 2.31. The number of nitrogens with one attached hydrogen (secondary N) is 1. The van der Waals surface area contributed by atoms with Crippen LogP contribution in [0.5, 0.6) is 0 Å². The summed E-state index contributed by atoms with van der Waals surface area (Å²) < 4.78 is 28.5. The quantitative estimate of drug-likeness (QED) is 0.892. The van der Waals surface area contributed by atoms with Gasteiger partial charge in [0, 0.05) is 18.3 Å². The monoisotopic (exact) mass is 298 g/mol. The molecule has 0 radical (unpaired) electrons. The van der Waals surface area contributed by atoms with Gasteiger partial charge in [0.1, 0.15) is 0 Å². The van der Waals surface area contributed by atoms with Crippen molar-refractivity contribution >= 4 is 15.7 Å². The van der Waals surface area contributed by atoms with Crippen molar-refractivity contribution in [2.75, 3.05) is 11.9 Å². The van der Waals surface area contributed by atoms with Gasteiger partial charge >= 0.3 is 0 Å². The van der Waals surface area contributed by atoms with Crippen molar-refractivity contribution in [3.05, 3.63) is 24.3 Å². The lowest BCUT2D eigenvalue weighted by atomic mass is 9.90. The van der Waals surface area contributed by atoms with E-state index in [9.17, 15) is 8.42 Å². The number of anilines is 1. The predicted molar refractivity (Wildman–Crippen MR) is 79.1 cm³/mol. The molecule has 0 saturated carbocycles. The van der Waals surface area contributed by atoms with Crippen LogP contribution < -0.4 is 10.5 Å². The number of hydrogen-bond donors (Lipinski definition) is 2. The zero-order valence-electron chi connectivity index (χ0n) is 11.9. The molecule has 1 heterocycles. The first-order chi connectivity index (χ1) is 9.32. The van der Waals surface area contributed by atoms with Crippen LogP contribution >= 0.6 is 0 Å². The largest absolute Gasteiger partial charge is 0.382 e. The number of nitrogens with two attached hydrogens (primary N) is 1. The van der Waals surface area contributed by atoms with E-state index in [1.807, 2.05) is 6.07 Å². The molecule has 2 atom stereocenters. The molecule has 3 N–H and O–H groups in total. The molecule has 1 aromatic carbocycles. The third-order valence-corrected chi connectivity index (χ3v) is 4.79. The summed E-state index contributed by atoms with van der Waals surface area (Å²) in [5.74, 6) is 0. The lowest BCUT2D eigenvalue weighted by molar-refractivity contribution is -0.0708. The minimum atomic E-state index is -3.66. The Morgan fingerprint density at radius 1 is 1.50 bits per heavy atom. The van der Waals surface area contributed by atoms with Crippen molar-refractivity contribution < 1.29 is 13.2 Å². The summed E-state index contributed by atoms with van der Waals surface area (Å²) in [6.45, 7) is 4.95. The smallest absolute Gasteiger partial charge is 0.238 e. The lowest BCUT2D eigenvalue weighted by Gasteiger charge is -2.38. The van der Waals surface area contributed by atoms with Gasteiger partial charge in [0.25, 0.3) is 0 Å². The Kier molecular flexibility index (Phi) is 4.36. The number of benzene rings is 1. The summed E-state index contributed by atoms with van der Waals surface area (Å²) in [7, 11) is -3.66. The zero-order chi connectivity index (χ0) is 14.8. The predicted octanol–water partition coefficient (Wildman–Crippen LogP) is 2.09. The Morgan fingerprint density at radius 2 is 2.25 bits per heavy atom. The highest BCUT2D eigenvalue weighted by Crippen LogP contribution is 2.29. The average molecular weight is 298 g/mol. The third kappa shape index (κ3) is 3.71. The van der Waals surface area contributed by atoms with Crippen molar-refractivity contribution in [3.8, 4) is 0 Å². The number of primary sulfonamides is 1. The first-order valence-corrected chi connectivity index (χ1v) is 8.40. The molecule has 1 fully saturated rings. The van der Waals surface area contributed by atoms with Gasteiger partial charge in [-0.2, -0.15) is 0 Å². The van der Waals surface area contributed by atoms with E-state index in [4.69, 9.17) is 9.88 Å². The molecule has 1 aliphatic rings. The van der Waals surface area contributed by atoms with Crippen LogP contribution in [0.4, 0.5) is 5.69 Å². The average Bonchev–Trinajstić information content (AvgIpc) is 2.38. The van der Waals surface area contributed by atoms with Crippen LogP contribution in [-0.4, -0.2) is 26.7 Å². The molecule has 5 nitrogen and oxygen atoms in total. The highest BCUT2D eigenvalue weighted by molar-refractivity contribution is 7.89. The van der Waals surface area contributed by atoms with Crippen LogP contribution in [-0.2, 0) is 14.8 Å². The van der Waals surface area contributed by atoms with Gasteiger partial charge in [-0.25, -0.2) is 13.6 Å². The van der Waals surface area contributed by atoms with Crippen molar-refractivity contribution in [2.45, 2.75) is 49.6 Å². The zero-order valence-corrected chi connectivity index (χ0v) is 12.7. The molecule has 2 rings (SSSR count). The molecule has 1 aliphatic heterocycles. The highest BCUT2D eigenvalue weighted by atomic mass is 32.2. The van der Waals surface area contributed by atoms with E-state index in [0.29, 0.717) is 0 Å². The number of hydrogen-bond acceptors (Lipinski definition) is 4. The Morgan fingerprint density at radius 3 is 2.90 bits per heavy atom. The fraction of sp³-hybridized carbons (Fsp3) is 0.571. The maximum atomic E-state index is 11.4. The van der Waals surface area contributed by atoms with Gasteiger partial charge in [0.15, 0.2) is 0 Å². The molecule has 0 bridgehead atoms. The van der Waals surface area contributed by atoms with Crippen LogP contribution in [0.25, 0.3) is 0 Å². The molecular weight excluding hydrogens is 276 g/mol. The topological polar surface area (TPSA) is 81.4 Å². The molecule has 6 heteroatoms. The van der Waals surface area contributed by atoms with E-state index >= 15 is 0 Å². The first kappa shape index (κ1) is 15.3. The van der Waals surface area contributed by atoms with Crippen molar-refractivity contribution in [2.24, 2.45) is 5.14 Å².